The van der Waals surface area contributed by atoms with Crippen molar-refractivity contribution in [3.05, 3.63) is 52.3 Å². The zero-order valence-electron chi connectivity index (χ0n) is 15.1. The van der Waals surface area contributed by atoms with Crippen LogP contribution in [0.1, 0.15) is 22.3 Å². The maximum absolute atomic E-state index is 10.5. The number of rotatable bonds is 0. The Morgan fingerprint density at radius 3 is 2.04 bits per heavy atom. The number of aromatic hydroxyl groups is 1. The number of ether oxygens (including phenoxy) is 1. The summed E-state index contributed by atoms with van der Waals surface area (Å²) in [6, 6.07) is 8.13. The van der Waals surface area contributed by atoms with Gasteiger partial charge in [-0.3, -0.25) is 5.41 Å². The first-order valence-corrected chi connectivity index (χ1v) is 8.25. The van der Waals surface area contributed by atoms with Crippen molar-refractivity contribution in [2.75, 3.05) is 23.9 Å². The normalized spacial score (nSPS) is 15.6. The van der Waals surface area contributed by atoms with Gasteiger partial charge >= 0.3 is 0 Å². The molecule has 0 atom stereocenters. The molecular weight excluding hydrogens is 314 g/mol. The standard InChI is InChI=1S/C20H21N3O2/c1-10-11(2)18-15(12(3)17(10)24)16(19(21)25-18)20-22(4)13-8-6-7-9-14(13)23(20)5/h6-9,21,24H,1-5H3. The molecule has 0 aromatic heterocycles. The van der Waals surface area contributed by atoms with Gasteiger partial charge in [-0.2, -0.15) is 0 Å². The Bertz CT molecular complexity index is 944. The Balaban J connectivity index is 2.05. The fourth-order valence-electron chi connectivity index (χ4n) is 3.83. The third kappa shape index (κ3) is 1.86. The lowest BCUT2D eigenvalue weighted by atomic mass is 9.94. The number of phenolic OH excluding ortho intramolecular Hbond substituents is 1. The van der Waals surface area contributed by atoms with Crippen molar-refractivity contribution < 1.29 is 9.84 Å². The highest BCUT2D eigenvalue weighted by Crippen LogP contribution is 2.49. The summed E-state index contributed by atoms with van der Waals surface area (Å²) in [5.74, 6) is 1.95. The molecule has 5 heteroatoms. The van der Waals surface area contributed by atoms with Crippen LogP contribution in [-0.4, -0.2) is 25.1 Å². The molecule has 2 heterocycles. The van der Waals surface area contributed by atoms with Gasteiger partial charge in [-0.25, -0.2) is 0 Å². The number of phenols is 1. The lowest BCUT2D eigenvalue weighted by molar-refractivity contribution is 0.463. The van der Waals surface area contributed by atoms with Crippen LogP contribution in [0.5, 0.6) is 11.5 Å². The molecule has 0 aliphatic carbocycles. The van der Waals surface area contributed by atoms with Crippen LogP contribution in [0.15, 0.2) is 30.1 Å². The van der Waals surface area contributed by atoms with E-state index in [9.17, 15) is 5.11 Å². The molecule has 5 nitrogen and oxygen atoms in total. The van der Waals surface area contributed by atoms with Crippen LogP contribution in [0.4, 0.5) is 11.4 Å². The molecule has 2 aromatic rings. The molecule has 4 rings (SSSR count). The van der Waals surface area contributed by atoms with E-state index in [-0.39, 0.29) is 11.6 Å². The quantitative estimate of drug-likeness (QED) is 0.765. The average Bonchev–Trinajstić information content (AvgIpc) is 3.06. The Kier molecular flexibility index (Phi) is 3.13. The van der Waals surface area contributed by atoms with Gasteiger partial charge in [0.2, 0.25) is 5.90 Å². The van der Waals surface area contributed by atoms with E-state index < -0.39 is 0 Å². The molecule has 2 N–H and O–H groups in total. The molecule has 2 aromatic carbocycles. The molecule has 0 radical (unpaired) electrons. The molecule has 0 fully saturated rings. The smallest absolute Gasteiger partial charge is 0.223 e. The minimum atomic E-state index is 0.118. The lowest BCUT2D eigenvalue weighted by Gasteiger charge is -2.21. The summed E-state index contributed by atoms with van der Waals surface area (Å²) >= 11 is 0. The van der Waals surface area contributed by atoms with Gasteiger partial charge in [0.05, 0.1) is 16.9 Å². The summed E-state index contributed by atoms with van der Waals surface area (Å²) in [6.45, 7) is 5.68. The number of para-hydroxylation sites is 2. The molecule has 0 bridgehead atoms. The molecule has 0 amide bonds. The summed E-state index contributed by atoms with van der Waals surface area (Å²) in [4.78, 5) is 4.15. The van der Waals surface area contributed by atoms with Crippen molar-refractivity contribution in [2.24, 2.45) is 0 Å². The Hall–Kier alpha value is -2.95. The van der Waals surface area contributed by atoms with Gasteiger partial charge < -0.3 is 19.6 Å². The minimum absolute atomic E-state index is 0.118. The van der Waals surface area contributed by atoms with Crippen molar-refractivity contribution >= 4 is 22.8 Å². The van der Waals surface area contributed by atoms with E-state index in [4.69, 9.17) is 10.1 Å². The van der Waals surface area contributed by atoms with Gasteiger partial charge in [0.25, 0.3) is 0 Å². The Morgan fingerprint density at radius 2 is 1.48 bits per heavy atom. The first-order valence-electron chi connectivity index (χ1n) is 8.25. The van der Waals surface area contributed by atoms with Crippen molar-refractivity contribution in [3.8, 4) is 11.5 Å². The van der Waals surface area contributed by atoms with E-state index in [2.05, 4.69) is 21.9 Å². The molecule has 2 aliphatic rings. The maximum atomic E-state index is 10.5. The number of anilines is 2. The molecular formula is C20H21N3O2. The summed E-state index contributed by atoms with van der Waals surface area (Å²) in [6.07, 6.45) is 0. The summed E-state index contributed by atoms with van der Waals surface area (Å²) in [5, 5.41) is 19.0. The Labute approximate surface area is 147 Å². The molecule has 25 heavy (non-hydrogen) atoms. The van der Waals surface area contributed by atoms with Gasteiger partial charge in [0.1, 0.15) is 17.3 Å². The first kappa shape index (κ1) is 15.6. The molecule has 0 saturated heterocycles. The van der Waals surface area contributed by atoms with Gasteiger partial charge in [-0.1, -0.05) is 12.1 Å². The highest BCUT2D eigenvalue weighted by Gasteiger charge is 2.38. The van der Waals surface area contributed by atoms with Crippen LogP contribution in [0.2, 0.25) is 0 Å². The van der Waals surface area contributed by atoms with Gasteiger partial charge in [0, 0.05) is 25.2 Å². The summed E-state index contributed by atoms with van der Waals surface area (Å²) in [5.41, 5.74) is 6.12. The van der Waals surface area contributed by atoms with Gasteiger partial charge in [-0.05, 0) is 44.0 Å². The molecule has 0 spiro atoms. The van der Waals surface area contributed by atoms with E-state index in [1.165, 1.54) is 0 Å². The van der Waals surface area contributed by atoms with Crippen molar-refractivity contribution in [1.29, 1.82) is 5.41 Å². The third-order valence-corrected chi connectivity index (χ3v) is 5.36. The monoisotopic (exact) mass is 335 g/mol. The second kappa shape index (κ2) is 5.02. The third-order valence-electron chi connectivity index (χ3n) is 5.36. The second-order valence-corrected chi connectivity index (χ2v) is 6.66. The predicted octanol–water partition coefficient (Wildman–Crippen LogP) is 3.94. The fourth-order valence-corrected chi connectivity index (χ4v) is 3.83. The summed E-state index contributed by atoms with van der Waals surface area (Å²) in [7, 11) is 3.98. The lowest BCUT2D eigenvalue weighted by Crippen LogP contribution is -2.25. The van der Waals surface area contributed by atoms with E-state index in [1.807, 2.05) is 47.0 Å². The zero-order chi connectivity index (χ0) is 18.0. The van der Waals surface area contributed by atoms with E-state index >= 15 is 0 Å². The van der Waals surface area contributed by atoms with Crippen molar-refractivity contribution in [2.45, 2.75) is 20.8 Å². The summed E-state index contributed by atoms with van der Waals surface area (Å²) < 4.78 is 5.84. The zero-order valence-corrected chi connectivity index (χ0v) is 15.1. The molecule has 0 unspecified atom stereocenters. The van der Waals surface area contributed by atoms with Crippen LogP contribution in [-0.2, 0) is 0 Å². The topological polar surface area (TPSA) is 59.8 Å². The highest BCUT2D eigenvalue weighted by atomic mass is 16.5. The first-order chi connectivity index (χ1) is 11.8. The largest absolute Gasteiger partial charge is 0.507 e. The molecule has 2 aliphatic heterocycles. The van der Waals surface area contributed by atoms with E-state index in [1.54, 1.807) is 0 Å². The van der Waals surface area contributed by atoms with Crippen LogP contribution in [0, 0.1) is 26.2 Å². The molecule has 128 valence electrons. The highest BCUT2D eigenvalue weighted by molar-refractivity contribution is 6.26. The Morgan fingerprint density at radius 1 is 0.920 bits per heavy atom. The van der Waals surface area contributed by atoms with Crippen molar-refractivity contribution in [3.63, 3.8) is 0 Å². The average molecular weight is 335 g/mol. The van der Waals surface area contributed by atoms with Gasteiger partial charge in [0.15, 0.2) is 0 Å². The number of fused-ring (bicyclic) bond motifs is 2. The number of nitrogens with zero attached hydrogens (tertiary/aromatic N) is 2. The number of hydrogen-bond acceptors (Lipinski definition) is 5. The minimum Gasteiger partial charge on any atom is -0.507 e. The van der Waals surface area contributed by atoms with Crippen LogP contribution in [0.25, 0.3) is 5.57 Å². The maximum Gasteiger partial charge on any atom is 0.223 e. The van der Waals surface area contributed by atoms with Gasteiger partial charge in [-0.15, -0.1) is 0 Å². The van der Waals surface area contributed by atoms with Crippen molar-refractivity contribution in [1.82, 2.24) is 0 Å². The SMILES string of the molecule is Cc1c(C)c2c(c(C)c1O)C(=C1N(C)c3ccccc3N1C)C(=N)O2. The van der Waals surface area contributed by atoms with Crippen LogP contribution in [0.3, 0.4) is 0 Å². The molecule has 0 saturated carbocycles. The number of hydrogen-bond donors (Lipinski definition) is 2. The number of nitrogens with one attached hydrogen (secondary N) is 1. The van der Waals surface area contributed by atoms with Crippen LogP contribution < -0.4 is 14.5 Å². The van der Waals surface area contributed by atoms with E-state index in [0.717, 1.165) is 39.4 Å². The second-order valence-electron chi connectivity index (χ2n) is 6.66. The van der Waals surface area contributed by atoms with E-state index in [0.29, 0.717) is 11.3 Å². The fraction of sp³-hybridized carbons (Fsp3) is 0.250. The number of benzene rings is 2. The van der Waals surface area contributed by atoms with Crippen LogP contribution >= 0.6 is 0 Å². The predicted molar refractivity (Wildman–Crippen MR) is 101 cm³/mol.